The van der Waals surface area contributed by atoms with Crippen LogP contribution in [0, 0.1) is 6.92 Å². The van der Waals surface area contributed by atoms with Crippen molar-refractivity contribution in [2.75, 3.05) is 5.73 Å². The second-order valence-electron chi connectivity index (χ2n) is 4.01. The number of fused-ring (bicyclic) bond motifs is 1. The van der Waals surface area contributed by atoms with E-state index >= 15 is 0 Å². The van der Waals surface area contributed by atoms with Gasteiger partial charge in [-0.1, -0.05) is 0 Å². The molecule has 2 N–H and O–H groups in total. The Morgan fingerprint density at radius 2 is 2.06 bits per heavy atom. The maximum atomic E-state index is 5.77. The minimum Gasteiger partial charge on any atom is -0.398 e. The minimum absolute atomic E-state index is 0.678. The number of nitrogens with zero attached hydrogens (tertiary/aromatic N) is 5. The van der Waals surface area contributed by atoms with Gasteiger partial charge in [0.2, 0.25) is 0 Å². The van der Waals surface area contributed by atoms with Crippen molar-refractivity contribution in [1.29, 1.82) is 0 Å². The third-order valence-corrected chi connectivity index (χ3v) is 2.66. The van der Waals surface area contributed by atoms with Gasteiger partial charge in [-0.3, -0.25) is 9.08 Å². The van der Waals surface area contributed by atoms with Gasteiger partial charge in [0.05, 0.1) is 5.69 Å². The zero-order valence-electron chi connectivity index (χ0n) is 9.62. The molecule has 0 atom stereocenters. The molecule has 0 radical (unpaired) electrons. The summed E-state index contributed by atoms with van der Waals surface area (Å²) >= 11 is 0. The first-order chi connectivity index (χ1) is 8.15. The van der Waals surface area contributed by atoms with E-state index in [0.717, 1.165) is 22.9 Å². The second-order valence-corrected chi connectivity index (χ2v) is 4.01. The number of hydrogen-bond donors (Lipinski definition) is 1. The van der Waals surface area contributed by atoms with Gasteiger partial charge in [-0.2, -0.15) is 5.10 Å². The van der Waals surface area contributed by atoms with Gasteiger partial charge >= 0.3 is 0 Å². The van der Waals surface area contributed by atoms with Gasteiger partial charge in [-0.25, -0.2) is 0 Å². The molecule has 0 unspecified atom stereocenters. The molecule has 3 aromatic rings. The number of nitrogen functional groups attached to an aromatic ring is 1. The van der Waals surface area contributed by atoms with Crippen LogP contribution in [0.2, 0.25) is 0 Å². The summed E-state index contributed by atoms with van der Waals surface area (Å²) in [7, 11) is 1.88. The summed E-state index contributed by atoms with van der Waals surface area (Å²) in [5, 5.41) is 12.6. The lowest BCUT2D eigenvalue weighted by Crippen LogP contribution is -1.98. The standard InChI is InChI=1S/C11H12N6/c1-7-5-9(16(2)15-7)11-14-13-10-4-3-8(12)6-17(10)11/h3-6H,12H2,1-2H3. The van der Waals surface area contributed by atoms with E-state index in [2.05, 4.69) is 15.3 Å². The van der Waals surface area contributed by atoms with Crippen LogP contribution in [0.5, 0.6) is 0 Å². The summed E-state index contributed by atoms with van der Waals surface area (Å²) in [4.78, 5) is 0. The van der Waals surface area contributed by atoms with Crippen LogP contribution in [0.4, 0.5) is 5.69 Å². The van der Waals surface area contributed by atoms with Crippen molar-refractivity contribution in [1.82, 2.24) is 24.4 Å². The quantitative estimate of drug-likeness (QED) is 0.674. The summed E-state index contributed by atoms with van der Waals surface area (Å²) in [6, 6.07) is 5.62. The van der Waals surface area contributed by atoms with E-state index in [9.17, 15) is 0 Å². The Balaban J connectivity index is 2.30. The molecular formula is C11H12N6. The molecule has 0 amide bonds. The number of pyridine rings is 1. The van der Waals surface area contributed by atoms with Gasteiger partial charge in [-0.05, 0) is 25.1 Å². The average Bonchev–Trinajstić information content (AvgIpc) is 2.81. The molecule has 0 fully saturated rings. The first-order valence-corrected chi connectivity index (χ1v) is 5.26. The molecule has 0 aliphatic carbocycles. The number of aryl methyl sites for hydroxylation is 2. The van der Waals surface area contributed by atoms with Crippen molar-refractivity contribution in [2.45, 2.75) is 6.92 Å². The SMILES string of the molecule is Cc1cc(-c2nnc3ccc(N)cn23)n(C)n1. The highest BCUT2D eigenvalue weighted by atomic mass is 15.3. The van der Waals surface area contributed by atoms with Crippen LogP contribution in [0.3, 0.4) is 0 Å². The smallest absolute Gasteiger partial charge is 0.186 e. The zero-order valence-corrected chi connectivity index (χ0v) is 9.62. The summed E-state index contributed by atoms with van der Waals surface area (Å²) in [6.45, 7) is 1.95. The van der Waals surface area contributed by atoms with Crippen LogP contribution in [0.25, 0.3) is 17.2 Å². The van der Waals surface area contributed by atoms with Crippen LogP contribution >= 0.6 is 0 Å². The Bertz CT molecular complexity index is 693. The fourth-order valence-electron chi connectivity index (χ4n) is 1.90. The van der Waals surface area contributed by atoms with E-state index in [1.54, 1.807) is 4.68 Å². The number of nitrogens with two attached hydrogens (primary N) is 1. The van der Waals surface area contributed by atoms with Gasteiger partial charge in [-0.15, -0.1) is 10.2 Å². The molecule has 6 heteroatoms. The van der Waals surface area contributed by atoms with E-state index in [4.69, 9.17) is 5.73 Å². The predicted octanol–water partition coefficient (Wildman–Crippen LogP) is 1.02. The maximum absolute atomic E-state index is 5.77. The first kappa shape index (κ1) is 9.83. The summed E-state index contributed by atoms with van der Waals surface area (Å²) in [6.07, 6.45) is 1.81. The van der Waals surface area contributed by atoms with Crippen molar-refractivity contribution in [3.05, 3.63) is 30.1 Å². The van der Waals surface area contributed by atoms with E-state index in [1.807, 2.05) is 42.8 Å². The van der Waals surface area contributed by atoms with Crippen molar-refractivity contribution in [3.8, 4) is 11.5 Å². The second kappa shape index (κ2) is 3.31. The van der Waals surface area contributed by atoms with Crippen molar-refractivity contribution >= 4 is 11.3 Å². The molecule has 0 saturated heterocycles. The third kappa shape index (κ3) is 1.45. The molecule has 0 saturated carbocycles. The highest BCUT2D eigenvalue weighted by Gasteiger charge is 2.12. The third-order valence-electron chi connectivity index (χ3n) is 2.66. The normalized spacial score (nSPS) is 11.2. The van der Waals surface area contributed by atoms with E-state index in [-0.39, 0.29) is 0 Å². The molecule has 0 aliphatic rings. The van der Waals surface area contributed by atoms with Crippen LogP contribution < -0.4 is 5.73 Å². The van der Waals surface area contributed by atoms with Gasteiger partial charge in [0, 0.05) is 18.9 Å². The Kier molecular flexibility index (Phi) is 1.91. The Morgan fingerprint density at radius 1 is 1.24 bits per heavy atom. The summed E-state index contributed by atoms with van der Waals surface area (Å²) in [5.74, 6) is 0.746. The van der Waals surface area contributed by atoms with Crippen LogP contribution in [0.1, 0.15) is 5.69 Å². The number of anilines is 1. The maximum Gasteiger partial charge on any atom is 0.186 e. The molecule has 0 bridgehead atoms. The Labute approximate surface area is 97.7 Å². The number of hydrogen-bond acceptors (Lipinski definition) is 4. The predicted molar refractivity (Wildman–Crippen MR) is 64.3 cm³/mol. The molecular weight excluding hydrogens is 216 g/mol. The molecule has 3 heterocycles. The van der Waals surface area contributed by atoms with Gasteiger partial charge in [0.15, 0.2) is 11.5 Å². The fourth-order valence-corrected chi connectivity index (χ4v) is 1.90. The fraction of sp³-hybridized carbons (Fsp3) is 0.182. The molecule has 86 valence electrons. The van der Waals surface area contributed by atoms with Crippen molar-refractivity contribution < 1.29 is 0 Å². The summed E-state index contributed by atoms with van der Waals surface area (Å²) in [5.41, 5.74) is 9.09. The van der Waals surface area contributed by atoms with Gasteiger partial charge in [0.25, 0.3) is 0 Å². The molecule has 0 spiro atoms. The van der Waals surface area contributed by atoms with Gasteiger partial charge < -0.3 is 5.73 Å². The van der Waals surface area contributed by atoms with Crippen LogP contribution in [-0.4, -0.2) is 24.4 Å². The van der Waals surface area contributed by atoms with E-state index in [0.29, 0.717) is 5.69 Å². The molecule has 6 nitrogen and oxygen atoms in total. The lowest BCUT2D eigenvalue weighted by molar-refractivity contribution is 0.757. The number of rotatable bonds is 1. The van der Waals surface area contributed by atoms with Gasteiger partial charge in [0.1, 0.15) is 5.69 Å². The highest BCUT2D eigenvalue weighted by molar-refractivity contribution is 5.58. The Hall–Kier alpha value is -2.37. The lowest BCUT2D eigenvalue weighted by Gasteiger charge is -2.00. The molecule has 0 aliphatic heterocycles. The lowest BCUT2D eigenvalue weighted by atomic mass is 10.3. The molecule has 0 aromatic carbocycles. The zero-order chi connectivity index (χ0) is 12.0. The highest BCUT2D eigenvalue weighted by Crippen LogP contribution is 2.19. The Morgan fingerprint density at radius 3 is 2.76 bits per heavy atom. The summed E-state index contributed by atoms with van der Waals surface area (Å²) < 4.78 is 3.65. The van der Waals surface area contributed by atoms with Crippen LogP contribution in [-0.2, 0) is 7.05 Å². The van der Waals surface area contributed by atoms with E-state index in [1.165, 1.54) is 0 Å². The molecule has 17 heavy (non-hydrogen) atoms. The molecule has 3 aromatic heterocycles. The number of aromatic nitrogens is 5. The average molecular weight is 228 g/mol. The largest absolute Gasteiger partial charge is 0.398 e. The monoisotopic (exact) mass is 228 g/mol. The minimum atomic E-state index is 0.678. The van der Waals surface area contributed by atoms with Crippen molar-refractivity contribution in [3.63, 3.8) is 0 Å². The molecule has 3 rings (SSSR count). The van der Waals surface area contributed by atoms with Crippen molar-refractivity contribution in [2.24, 2.45) is 7.05 Å². The first-order valence-electron chi connectivity index (χ1n) is 5.26. The van der Waals surface area contributed by atoms with E-state index < -0.39 is 0 Å². The van der Waals surface area contributed by atoms with Crippen LogP contribution in [0.15, 0.2) is 24.4 Å². The topological polar surface area (TPSA) is 74.0 Å².